The summed E-state index contributed by atoms with van der Waals surface area (Å²) in [4.78, 5) is 15.2. The number of benzene rings is 3. The van der Waals surface area contributed by atoms with Gasteiger partial charge in [-0.15, -0.1) is 0 Å². The number of Topliss-reactive ketones (excluding diaryl/α,β-unsaturated/α-hetero) is 1. The third kappa shape index (κ3) is 3.61. The second-order valence-corrected chi connectivity index (χ2v) is 8.06. The molecular formula is C24H17BrClNO2. The first-order chi connectivity index (χ1) is 14.0. The van der Waals surface area contributed by atoms with Crippen LogP contribution < -0.4 is 4.90 Å². The topological polar surface area (TPSA) is 40.5 Å². The van der Waals surface area contributed by atoms with Crippen LogP contribution in [0.4, 0.5) is 5.69 Å². The summed E-state index contributed by atoms with van der Waals surface area (Å²) in [5.41, 5.74) is 2.85. The van der Waals surface area contributed by atoms with Gasteiger partial charge in [-0.25, -0.2) is 0 Å². The number of rotatable bonds is 4. The third-order valence-electron chi connectivity index (χ3n) is 4.92. The van der Waals surface area contributed by atoms with Crippen LogP contribution in [0.25, 0.3) is 0 Å². The third-order valence-corrected chi connectivity index (χ3v) is 5.70. The predicted molar refractivity (Wildman–Crippen MR) is 120 cm³/mol. The first-order valence-electron chi connectivity index (χ1n) is 9.00. The molecule has 3 aromatic rings. The van der Waals surface area contributed by atoms with Crippen molar-refractivity contribution in [2.45, 2.75) is 6.04 Å². The fraction of sp³-hybridized carbons (Fsp3) is 0.0417. The second-order valence-electron chi connectivity index (χ2n) is 6.70. The average molecular weight is 467 g/mol. The molecule has 1 N–H and O–H groups in total. The molecule has 1 unspecified atom stereocenters. The van der Waals surface area contributed by atoms with Crippen molar-refractivity contribution in [2.24, 2.45) is 0 Å². The molecule has 5 heteroatoms. The summed E-state index contributed by atoms with van der Waals surface area (Å²) in [7, 11) is 0. The van der Waals surface area contributed by atoms with Crippen LogP contribution in [-0.2, 0) is 0 Å². The smallest absolute Gasteiger partial charge is 0.195 e. The lowest BCUT2D eigenvalue weighted by Crippen LogP contribution is -2.25. The summed E-state index contributed by atoms with van der Waals surface area (Å²) in [6.07, 6.45) is 0. The van der Waals surface area contributed by atoms with Gasteiger partial charge in [-0.1, -0.05) is 76.6 Å². The van der Waals surface area contributed by atoms with E-state index in [1.807, 2.05) is 47.4 Å². The van der Waals surface area contributed by atoms with Crippen LogP contribution in [0.1, 0.15) is 22.0 Å². The molecule has 0 aliphatic carbocycles. The van der Waals surface area contributed by atoms with Gasteiger partial charge >= 0.3 is 0 Å². The Balaban J connectivity index is 1.87. The van der Waals surface area contributed by atoms with Gasteiger partial charge in [0.05, 0.1) is 17.3 Å². The molecule has 3 aromatic carbocycles. The maximum atomic E-state index is 13.4. The molecule has 0 fully saturated rings. The summed E-state index contributed by atoms with van der Waals surface area (Å²) in [5, 5.41) is 11.6. The zero-order chi connectivity index (χ0) is 20.5. The molecule has 3 nitrogen and oxygen atoms in total. The summed E-state index contributed by atoms with van der Waals surface area (Å²) in [6.45, 7) is 4.06. The zero-order valence-corrected chi connectivity index (χ0v) is 17.7. The second kappa shape index (κ2) is 7.90. The zero-order valence-electron chi connectivity index (χ0n) is 15.3. The van der Waals surface area contributed by atoms with Gasteiger partial charge < -0.3 is 10.0 Å². The summed E-state index contributed by atoms with van der Waals surface area (Å²) in [5.74, 6) is -0.324. The van der Waals surface area contributed by atoms with E-state index >= 15 is 0 Å². The van der Waals surface area contributed by atoms with Crippen molar-refractivity contribution in [1.29, 1.82) is 0 Å². The number of hydrogen-bond donors (Lipinski definition) is 1. The van der Waals surface area contributed by atoms with E-state index in [0.717, 1.165) is 15.7 Å². The predicted octanol–water partition coefficient (Wildman–Crippen LogP) is 6.87. The van der Waals surface area contributed by atoms with E-state index in [4.69, 9.17) is 11.6 Å². The monoisotopic (exact) mass is 465 g/mol. The van der Waals surface area contributed by atoms with Crippen molar-refractivity contribution < 1.29 is 9.90 Å². The fourth-order valence-corrected chi connectivity index (χ4v) is 3.92. The highest BCUT2D eigenvalue weighted by molar-refractivity contribution is 9.10. The number of carbonyl (C=O) groups is 1. The molecule has 1 aliphatic rings. The quantitative estimate of drug-likeness (QED) is 0.426. The highest BCUT2D eigenvalue weighted by atomic mass is 79.9. The minimum absolute atomic E-state index is 0.0956. The molecule has 1 heterocycles. The van der Waals surface area contributed by atoms with E-state index in [9.17, 15) is 9.90 Å². The van der Waals surface area contributed by atoms with E-state index in [1.54, 1.807) is 36.4 Å². The van der Waals surface area contributed by atoms with Crippen molar-refractivity contribution in [2.75, 3.05) is 4.90 Å². The van der Waals surface area contributed by atoms with Gasteiger partial charge in [0.2, 0.25) is 0 Å². The van der Waals surface area contributed by atoms with Gasteiger partial charge in [-0.3, -0.25) is 4.79 Å². The molecule has 0 spiro atoms. The minimum atomic E-state index is -0.510. The van der Waals surface area contributed by atoms with E-state index in [0.29, 0.717) is 21.9 Å². The molecule has 0 amide bonds. The molecule has 4 rings (SSSR count). The van der Waals surface area contributed by atoms with Gasteiger partial charge in [0.1, 0.15) is 5.76 Å². The largest absolute Gasteiger partial charge is 0.505 e. The van der Waals surface area contributed by atoms with Crippen LogP contribution in [0.2, 0.25) is 5.02 Å². The summed E-state index contributed by atoms with van der Waals surface area (Å²) >= 11 is 9.51. The van der Waals surface area contributed by atoms with Gasteiger partial charge in [0.15, 0.2) is 5.78 Å². The SMILES string of the molecule is C=C1C(O)=C(C(=O)c2ccccc2)C(c2ccc(Br)cc2)N1c1ccc(Cl)cc1. The molecule has 1 atom stereocenters. The first kappa shape index (κ1) is 19.5. The van der Waals surface area contributed by atoms with Gasteiger partial charge in [0, 0.05) is 20.7 Å². The fourth-order valence-electron chi connectivity index (χ4n) is 3.53. The van der Waals surface area contributed by atoms with Crippen molar-refractivity contribution in [1.82, 2.24) is 0 Å². The molecule has 0 aromatic heterocycles. The van der Waals surface area contributed by atoms with Gasteiger partial charge in [0.25, 0.3) is 0 Å². The Morgan fingerprint density at radius 2 is 1.59 bits per heavy atom. The molecular weight excluding hydrogens is 450 g/mol. The van der Waals surface area contributed by atoms with Crippen molar-refractivity contribution in [3.63, 3.8) is 0 Å². The van der Waals surface area contributed by atoms with E-state index in [2.05, 4.69) is 22.5 Å². The Morgan fingerprint density at radius 3 is 2.21 bits per heavy atom. The van der Waals surface area contributed by atoms with Crippen LogP contribution in [0, 0.1) is 0 Å². The van der Waals surface area contributed by atoms with Crippen LogP contribution in [0.3, 0.4) is 0 Å². The number of nitrogens with zero attached hydrogens (tertiary/aromatic N) is 1. The van der Waals surface area contributed by atoms with E-state index < -0.39 is 6.04 Å². The normalized spacial score (nSPS) is 16.4. The van der Waals surface area contributed by atoms with Crippen molar-refractivity contribution >= 4 is 39.0 Å². The van der Waals surface area contributed by atoms with Crippen LogP contribution in [0.15, 0.2) is 107 Å². The van der Waals surface area contributed by atoms with E-state index in [1.165, 1.54) is 0 Å². The number of aliphatic hydroxyl groups excluding tert-OH is 1. The summed E-state index contributed by atoms with van der Waals surface area (Å²) in [6, 6.07) is 23.4. The van der Waals surface area contributed by atoms with Crippen LogP contribution in [0.5, 0.6) is 0 Å². The van der Waals surface area contributed by atoms with E-state index in [-0.39, 0.29) is 11.5 Å². The Kier molecular flexibility index (Phi) is 5.31. The standard InChI is InChI=1S/C24H17BrClNO2/c1-15-23(28)21(24(29)17-5-3-2-4-6-17)22(16-7-9-18(25)10-8-16)27(15)20-13-11-19(26)12-14-20/h2-14,22,28H,1H2. The molecule has 0 bridgehead atoms. The Bertz CT molecular complexity index is 1110. The highest BCUT2D eigenvalue weighted by Gasteiger charge is 2.41. The van der Waals surface area contributed by atoms with Crippen molar-refractivity contribution in [3.8, 4) is 0 Å². The minimum Gasteiger partial charge on any atom is -0.505 e. The maximum Gasteiger partial charge on any atom is 0.195 e. The van der Waals surface area contributed by atoms with Crippen LogP contribution in [-0.4, -0.2) is 10.9 Å². The summed E-state index contributed by atoms with van der Waals surface area (Å²) < 4.78 is 0.931. The number of anilines is 1. The Hall–Kier alpha value is -2.82. The number of hydrogen-bond acceptors (Lipinski definition) is 3. The Labute approximate surface area is 182 Å². The Morgan fingerprint density at radius 1 is 0.966 bits per heavy atom. The molecule has 0 saturated carbocycles. The molecule has 0 radical (unpaired) electrons. The number of halogens is 2. The molecule has 144 valence electrons. The van der Waals surface area contributed by atoms with Gasteiger partial charge in [-0.2, -0.15) is 0 Å². The average Bonchev–Trinajstić information content (AvgIpc) is 3.00. The number of carbonyl (C=O) groups excluding carboxylic acids is 1. The van der Waals surface area contributed by atoms with Gasteiger partial charge in [-0.05, 0) is 42.0 Å². The highest BCUT2D eigenvalue weighted by Crippen LogP contribution is 2.46. The number of aliphatic hydroxyl groups is 1. The van der Waals surface area contributed by atoms with Crippen LogP contribution >= 0.6 is 27.5 Å². The molecule has 29 heavy (non-hydrogen) atoms. The first-order valence-corrected chi connectivity index (χ1v) is 10.2. The molecule has 1 aliphatic heterocycles. The van der Waals surface area contributed by atoms with Crippen molar-refractivity contribution in [3.05, 3.63) is 123 Å². The maximum absolute atomic E-state index is 13.4. The lowest BCUT2D eigenvalue weighted by atomic mass is 9.92. The lowest BCUT2D eigenvalue weighted by Gasteiger charge is -2.29. The lowest BCUT2D eigenvalue weighted by molar-refractivity contribution is 0.102. The number of ketones is 1. The molecule has 0 saturated heterocycles.